The van der Waals surface area contributed by atoms with Crippen LogP contribution in [0.25, 0.3) is 0 Å². The first kappa shape index (κ1) is 15.2. The van der Waals surface area contributed by atoms with Crippen molar-refractivity contribution in [2.75, 3.05) is 13.6 Å². The van der Waals surface area contributed by atoms with Gasteiger partial charge in [-0.1, -0.05) is 35.4 Å². The number of nitrogens with two attached hydrogens (primary N) is 1. The highest BCUT2D eigenvalue weighted by Gasteiger charge is 2.22. The molecule has 1 aromatic carbocycles. The predicted molar refractivity (Wildman–Crippen MR) is 88.2 cm³/mol. The van der Waals surface area contributed by atoms with Crippen molar-refractivity contribution in [3.63, 3.8) is 0 Å². The van der Waals surface area contributed by atoms with Crippen LogP contribution in [-0.2, 0) is 0 Å². The molecule has 2 N–H and O–H groups in total. The Hall–Kier alpha value is -1.16. The Kier molecular flexibility index (Phi) is 4.97. The summed E-state index contributed by atoms with van der Waals surface area (Å²) < 4.78 is 0. The lowest BCUT2D eigenvalue weighted by Crippen LogP contribution is -2.32. The van der Waals surface area contributed by atoms with E-state index in [0.29, 0.717) is 12.6 Å². The van der Waals surface area contributed by atoms with Gasteiger partial charge in [-0.3, -0.25) is 4.90 Å². The molecule has 1 aromatic heterocycles. The van der Waals surface area contributed by atoms with Gasteiger partial charge in [0.2, 0.25) is 0 Å². The summed E-state index contributed by atoms with van der Waals surface area (Å²) in [6.07, 6.45) is 0. The maximum absolute atomic E-state index is 6.06. The van der Waals surface area contributed by atoms with Crippen molar-refractivity contribution < 1.29 is 0 Å². The highest BCUT2D eigenvalue weighted by molar-refractivity contribution is 7.10. The standard InChI is InChI=1S/C17H24N2S/c1-12-8-13(2)10-15(9-12)16(11-18)19(4)14(3)17-6-5-7-20-17/h5-10,14,16H,11,18H2,1-4H3. The molecule has 2 aromatic rings. The van der Waals surface area contributed by atoms with Gasteiger partial charge in [0, 0.05) is 23.5 Å². The van der Waals surface area contributed by atoms with E-state index in [1.54, 1.807) is 11.3 Å². The third kappa shape index (κ3) is 3.29. The smallest absolute Gasteiger partial charge is 0.0473 e. The molecule has 2 nitrogen and oxygen atoms in total. The van der Waals surface area contributed by atoms with E-state index in [2.05, 4.69) is 68.4 Å². The molecule has 0 saturated heterocycles. The van der Waals surface area contributed by atoms with Crippen molar-refractivity contribution >= 4 is 11.3 Å². The molecule has 1 heterocycles. The van der Waals surface area contributed by atoms with E-state index in [4.69, 9.17) is 5.73 Å². The fraction of sp³-hybridized carbons (Fsp3) is 0.412. The molecule has 2 rings (SSSR count). The van der Waals surface area contributed by atoms with Gasteiger partial charge in [0.15, 0.2) is 0 Å². The van der Waals surface area contributed by atoms with E-state index in [-0.39, 0.29) is 6.04 Å². The summed E-state index contributed by atoms with van der Waals surface area (Å²) in [7, 11) is 2.17. The second-order valence-electron chi connectivity index (χ2n) is 5.53. The van der Waals surface area contributed by atoms with Crippen LogP contribution < -0.4 is 5.73 Å². The zero-order chi connectivity index (χ0) is 14.7. The summed E-state index contributed by atoms with van der Waals surface area (Å²) >= 11 is 1.81. The summed E-state index contributed by atoms with van der Waals surface area (Å²) in [6, 6.07) is 11.7. The van der Waals surface area contributed by atoms with Gasteiger partial charge in [-0.2, -0.15) is 0 Å². The minimum atomic E-state index is 0.255. The number of hydrogen-bond donors (Lipinski definition) is 1. The monoisotopic (exact) mass is 288 g/mol. The Balaban J connectivity index is 2.27. The van der Waals surface area contributed by atoms with E-state index < -0.39 is 0 Å². The zero-order valence-electron chi connectivity index (χ0n) is 12.8. The zero-order valence-corrected chi connectivity index (χ0v) is 13.6. The van der Waals surface area contributed by atoms with Gasteiger partial charge in [-0.05, 0) is 44.8 Å². The number of aryl methyl sites for hydroxylation is 2. The molecule has 0 aliphatic rings. The Bertz CT molecular complexity index is 528. The Morgan fingerprint density at radius 2 is 1.85 bits per heavy atom. The highest BCUT2D eigenvalue weighted by atomic mass is 32.1. The van der Waals surface area contributed by atoms with E-state index in [0.717, 1.165) is 0 Å². The fourth-order valence-corrected chi connectivity index (χ4v) is 3.57. The summed E-state index contributed by atoms with van der Waals surface area (Å²) in [5.41, 5.74) is 9.98. The Labute approximate surface area is 126 Å². The maximum atomic E-state index is 6.06. The first-order valence-electron chi connectivity index (χ1n) is 7.06. The molecule has 2 unspecified atom stereocenters. The molecule has 0 radical (unpaired) electrons. The first-order chi connectivity index (χ1) is 9.52. The van der Waals surface area contributed by atoms with Gasteiger partial charge in [0.25, 0.3) is 0 Å². The number of benzene rings is 1. The van der Waals surface area contributed by atoms with E-state index in [1.807, 2.05) is 0 Å². The average Bonchev–Trinajstić information content (AvgIpc) is 2.91. The Morgan fingerprint density at radius 1 is 1.20 bits per heavy atom. The molecule has 0 bridgehead atoms. The lowest BCUT2D eigenvalue weighted by molar-refractivity contribution is 0.192. The van der Waals surface area contributed by atoms with Crippen LogP contribution in [0.1, 0.15) is 40.6 Å². The molecule has 0 spiro atoms. The predicted octanol–water partition coefficient (Wildman–Crippen LogP) is 4.06. The quantitative estimate of drug-likeness (QED) is 0.899. The molecule has 0 fully saturated rings. The minimum Gasteiger partial charge on any atom is -0.329 e. The first-order valence-corrected chi connectivity index (χ1v) is 7.94. The van der Waals surface area contributed by atoms with E-state index in [1.165, 1.54) is 21.6 Å². The molecule has 20 heavy (non-hydrogen) atoms. The average molecular weight is 288 g/mol. The second-order valence-corrected chi connectivity index (χ2v) is 6.51. The summed E-state index contributed by atoms with van der Waals surface area (Å²) in [5.74, 6) is 0. The molecule has 3 heteroatoms. The van der Waals surface area contributed by atoms with E-state index in [9.17, 15) is 0 Å². The third-order valence-electron chi connectivity index (χ3n) is 3.91. The van der Waals surface area contributed by atoms with Gasteiger partial charge in [-0.15, -0.1) is 11.3 Å². The number of hydrogen-bond acceptors (Lipinski definition) is 3. The number of nitrogens with zero attached hydrogens (tertiary/aromatic N) is 1. The number of thiophene rings is 1. The van der Waals surface area contributed by atoms with Crippen LogP contribution in [0, 0.1) is 13.8 Å². The normalized spacial score (nSPS) is 14.5. The van der Waals surface area contributed by atoms with Crippen LogP contribution >= 0.6 is 11.3 Å². The molecule has 2 atom stereocenters. The van der Waals surface area contributed by atoms with Crippen LogP contribution in [-0.4, -0.2) is 18.5 Å². The molecule has 0 aliphatic carbocycles. The Morgan fingerprint density at radius 3 is 2.35 bits per heavy atom. The number of rotatable bonds is 5. The van der Waals surface area contributed by atoms with Crippen molar-refractivity contribution in [1.82, 2.24) is 4.90 Å². The minimum absolute atomic E-state index is 0.255. The molecule has 0 amide bonds. The van der Waals surface area contributed by atoms with Gasteiger partial charge >= 0.3 is 0 Å². The van der Waals surface area contributed by atoms with Crippen LogP contribution in [0.4, 0.5) is 0 Å². The topological polar surface area (TPSA) is 29.3 Å². The van der Waals surface area contributed by atoms with Crippen LogP contribution in [0.5, 0.6) is 0 Å². The van der Waals surface area contributed by atoms with Crippen LogP contribution in [0.2, 0.25) is 0 Å². The van der Waals surface area contributed by atoms with Crippen molar-refractivity contribution in [3.05, 3.63) is 57.3 Å². The molecule has 0 saturated carbocycles. The molecule has 108 valence electrons. The summed E-state index contributed by atoms with van der Waals surface area (Å²) in [6.45, 7) is 7.17. The molecular weight excluding hydrogens is 264 g/mol. The second kappa shape index (κ2) is 6.53. The molecule has 0 aliphatic heterocycles. The molecular formula is C17H24N2S. The third-order valence-corrected chi connectivity index (χ3v) is 4.95. The fourth-order valence-electron chi connectivity index (χ4n) is 2.74. The SMILES string of the molecule is Cc1cc(C)cc(C(CN)N(C)C(C)c2cccs2)c1. The van der Waals surface area contributed by atoms with Crippen molar-refractivity contribution in [1.29, 1.82) is 0 Å². The maximum Gasteiger partial charge on any atom is 0.0473 e. The number of likely N-dealkylation sites (N-methyl/N-ethyl adjacent to an activating group) is 1. The van der Waals surface area contributed by atoms with Crippen LogP contribution in [0.3, 0.4) is 0 Å². The van der Waals surface area contributed by atoms with Crippen molar-refractivity contribution in [2.45, 2.75) is 32.9 Å². The van der Waals surface area contributed by atoms with Crippen molar-refractivity contribution in [3.8, 4) is 0 Å². The van der Waals surface area contributed by atoms with E-state index >= 15 is 0 Å². The summed E-state index contributed by atoms with van der Waals surface area (Å²) in [4.78, 5) is 3.76. The lowest BCUT2D eigenvalue weighted by atomic mass is 9.99. The van der Waals surface area contributed by atoms with Gasteiger partial charge in [-0.25, -0.2) is 0 Å². The lowest BCUT2D eigenvalue weighted by Gasteiger charge is -2.32. The summed E-state index contributed by atoms with van der Waals surface area (Å²) in [5, 5.41) is 2.13. The highest BCUT2D eigenvalue weighted by Crippen LogP contribution is 2.31. The van der Waals surface area contributed by atoms with Gasteiger partial charge < -0.3 is 5.73 Å². The largest absolute Gasteiger partial charge is 0.329 e. The van der Waals surface area contributed by atoms with Gasteiger partial charge in [0.1, 0.15) is 0 Å². The van der Waals surface area contributed by atoms with Crippen molar-refractivity contribution in [2.24, 2.45) is 5.73 Å². The van der Waals surface area contributed by atoms with Gasteiger partial charge in [0.05, 0.1) is 0 Å². The van der Waals surface area contributed by atoms with Crippen LogP contribution in [0.15, 0.2) is 35.7 Å².